The number of hydrogen-bond acceptors (Lipinski definition) is 4. The Morgan fingerprint density at radius 1 is 1.59 bits per heavy atom. The molecular weight excluding hydrogens is 232 g/mol. The second-order valence-corrected chi connectivity index (χ2v) is 6.41. The minimum Gasteiger partial charge on any atom is -0.381 e. The van der Waals surface area contributed by atoms with E-state index in [2.05, 4.69) is 29.5 Å². The van der Waals surface area contributed by atoms with Gasteiger partial charge in [-0.15, -0.1) is 11.3 Å². The van der Waals surface area contributed by atoms with Crippen LogP contribution in [-0.2, 0) is 11.2 Å². The van der Waals surface area contributed by atoms with Crippen molar-refractivity contribution < 1.29 is 4.74 Å². The summed E-state index contributed by atoms with van der Waals surface area (Å²) in [5, 5.41) is 6.87. The van der Waals surface area contributed by atoms with Crippen LogP contribution in [0, 0.1) is 11.3 Å². The third-order valence-corrected chi connectivity index (χ3v) is 4.03. The van der Waals surface area contributed by atoms with E-state index in [0.29, 0.717) is 5.92 Å². The van der Waals surface area contributed by atoms with Crippen molar-refractivity contribution in [2.75, 3.05) is 26.3 Å². The molecule has 4 heteroatoms. The molecule has 2 heterocycles. The highest BCUT2D eigenvalue weighted by molar-refractivity contribution is 7.09. The Labute approximate surface area is 108 Å². The number of aromatic nitrogens is 1. The molecule has 1 unspecified atom stereocenters. The van der Waals surface area contributed by atoms with E-state index >= 15 is 0 Å². The van der Waals surface area contributed by atoms with Crippen LogP contribution in [-0.4, -0.2) is 31.3 Å². The third-order valence-electron chi connectivity index (χ3n) is 3.25. The molecule has 96 valence electrons. The van der Waals surface area contributed by atoms with Crippen molar-refractivity contribution in [1.82, 2.24) is 10.3 Å². The first kappa shape index (κ1) is 13.0. The summed E-state index contributed by atoms with van der Waals surface area (Å²) >= 11 is 1.75. The Bertz CT molecular complexity index is 318. The molecule has 1 fully saturated rings. The summed E-state index contributed by atoms with van der Waals surface area (Å²) in [5.74, 6) is 0.703. The maximum absolute atomic E-state index is 5.60. The minimum absolute atomic E-state index is 0.271. The van der Waals surface area contributed by atoms with Crippen LogP contribution in [0.15, 0.2) is 11.6 Å². The third kappa shape index (κ3) is 3.76. The largest absolute Gasteiger partial charge is 0.381 e. The number of nitrogens with zero attached hydrogens (tertiary/aromatic N) is 1. The normalized spacial score (nSPS) is 24.6. The second kappa shape index (κ2) is 5.94. The molecule has 0 aromatic carbocycles. The summed E-state index contributed by atoms with van der Waals surface area (Å²) in [6.07, 6.45) is 4.10. The van der Waals surface area contributed by atoms with Gasteiger partial charge in [-0.1, -0.05) is 13.8 Å². The van der Waals surface area contributed by atoms with E-state index < -0.39 is 0 Å². The fourth-order valence-electron chi connectivity index (χ4n) is 2.28. The fraction of sp³-hybridized carbons (Fsp3) is 0.769. The van der Waals surface area contributed by atoms with Crippen molar-refractivity contribution in [1.29, 1.82) is 0 Å². The van der Waals surface area contributed by atoms with Crippen LogP contribution < -0.4 is 5.32 Å². The van der Waals surface area contributed by atoms with Gasteiger partial charge in [-0.2, -0.15) is 0 Å². The highest BCUT2D eigenvalue weighted by atomic mass is 32.1. The van der Waals surface area contributed by atoms with E-state index in [0.717, 1.165) is 39.1 Å². The lowest BCUT2D eigenvalue weighted by Gasteiger charge is -2.27. The number of hydrogen-bond donors (Lipinski definition) is 1. The number of rotatable bonds is 6. The lowest BCUT2D eigenvalue weighted by atomic mass is 9.84. The predicted molar refractivity (Wildman–Crippen MR) is 71.4 cm³/mol. The van der Waals surface area contributed by atoms with Gasteiger partial charge in [0.1, 0.15) is 0 Å². The Balaban J connectivity index is 1.90. The van der Waals surface area contributed by atoms with E-state index in [4.69, 9.17) is 4.74 Å². The molecule has 1 aliphatic heterocycles. The van der Waals surface area contributed by atoms with Gasteiger partial charge < -0.3 is 10.1 Å². The molecule has 0 saturated carbocycles. The molecule has 17 heavy (non-hydrogen) atoms. The molecule has 1 aliphatic rings. The van der Waals surface area contributed by atoms with Crippen molar-refractivity contribution >= 4 is 11.3 Å². The molecule has 1 aromatic heterocycles. The summed E-state index contributed by atoms with van der Waals surface area (Å²) in [6, 6.07) is 0. The van der Waals surface area contributed by atoms with Gasteiger partial charge in [-0.25, -0.2) is 4.98 Å². The van der Waals surface area contributed by atoms with Crippen molar-refractivity contribution in [3.05, 3.63) is 16.6 Å². The zero-order valence-corrected chi connectivity index (χ0v) is 11.6. The van der Waals surface area contributed by atoms with Crippen molar-refractivity contribution in [2.24, 2.45) is 11.3 Å². The van der Waals surface area contributed by atoms with Gasteiger partial charge in [-0.3, -0.25) is 0 Å². The predicted octanol–water partition coefficient (Wildman–Crippen LogP) is 2.34. The van der Waals surface area contributed by atoms with Gasteiger partial charge in [0.15, 0.2) is 0 Å². The molecule has 1 N–H and O–H groups in total. The first-order valence-electron chi connectivity index (χ1n) is 6.37. The first-order chi connectivity index (χ1) is 8.20. The molecule has 3 nitrogen and oxygen atoms in total. The summed E-state index contributed by atoms with van der Waals surface area (Å²) in [4.78, 5) is 4.40. The van der Waals surface area contributed by atoms with Gasteiger partial charge >= 0.3 is 0 Å². The molecule has 2 rings (SSSR count). The van der Waals surface area contributed by atoms with Crippen LogP contribution in [0.2, 0.25) is 0 Å². The molecule has 1 atom stereocenters. The van der Waals surface area contributed by atoms with Gasteiger partial charge in [0, 0.05) is 36.6 Å². The van der Waals surface area contributed by atoms with E-state index in [1.165, 1.54) is 5.01 Å². The van der Waals surface area contributed by atoms with Crippen LogP contribution >= 0.6 is 11.3 Å². The van der Waals surface area contributed by atoms with Gasteiger partial charge in [0.2, 0.25) is 0 Å². The SMILES string of the molecule is CC(C)CNCC1(Cc2nccs2)CCOC1. The summed E-state index contributed by atoms with van der Waals surface area (Å²) in [5.41, 5.74) is 0.271. The van der Waals surface area contributed by atoms with Crippen molar-refractivity contribution in [3.63, 3.8) is 0 Å². The quantitative estimate of drug-likeness (QED) is 0.846. The standard InChI is InChI=1S/C13H22N2OS/c1-11(2)8-14-9-13(3-5-16-10-13)7-12-15-4-6-17-12/h4,6,11,14H,3,5,7-10H2,1-2H3. The molecule has 0 radical (unpaired) electrons. The van der Waals surface area contributed by atoms with E-state index in [1.54, 1.807) is 11.3 Å². The first-order valence-corrected chi connectivity index (χ1v) is 7.25. The van der Waals surface area contributed by atoms with Crippen LogP contribution in [0.25, 0.3) is 0 Å². The summed E-state index contributed by atoms with van der Waals surface area (Å²) in [6.45, 7) is 8.38. The molecule has 0 aliphatic carbocycles. The van der Waals surface area contributed by atoms with Crippen molar-refractivity contribution in [3.8, 4) is 0 Å². The van der Waals surface area contributed by atoms with Crippen LogP contribution in [0.1, 0.15) is 25.3 Å². The average molecular weight is 254 g/mol. The topological polar surface area (TPSA) is 34.2 Å². The molecule has 1 aromatic rings. The second-order valence-electron chi connectivity index (χ2n) is 5.43. The van der Waals surface area contributed by atoms with Crippen LogP contribution in [0.5, 0.6) is 0 Å². The van der Waals surface area contributed by atoms with E-state index in [9.17, 15) is 0 Å². The zero-order chi connectivity index (χ0) is 12.1. The molecular formula is C13H22N2OS. The van der Waals surface area contributed by atoms with Gasteiger partial charge in [-0.05, 0) is 18.9 Å². The number of thiazole rings is 1. The molecule has 1 saturated heterocycles. The van der Waals surface area contributed by atoms with Crippen LogP contribution in [0.4, 0.5) is 0 Å². The average Bonchev–Trinajstić information content (AvgIpc) is 2.90. The zero-order valence-electron chi connectivity index (χ0n) is 10.7. The van der Waals surface area contributed by atoms with E-state index in [-0.39, 0.29) is 5.41 Å². The maximum Gasteiger partial charge on any atom is 0.0931 e. The maximum atomic E-state index is 5.60. The summed E-state index contributed by atoms with van der Waals surface area (Å²) in [7, 11) is 0. The van der Waals surface area contributed by atoms with Gasteiger partial charge in [0.05, 0.1) is 11.6 Å². The Morgan fingerprint density at radius 2 is 2.47 bits per heavy atom. The Kier molecular flexibility index (Phi) is 4.54. The Morgan fingerprint density at radius 3 is 3.06 bits per heavy atom. The highest BCUT2D eigenvalue weighted by Gasteiger charge is 2.35. The Hall–Kier alpha value is -0.450. The van der Waals surface area contributed by atoms with E-state index in [1.807, 2.05) is 6.20 Å². The lowest BCUT2D eigenvalue weighted by Crippen LogP contribution is -2.38. The minimum atomic E-state index is 0.271. The molecule has 0 spiro atoms. The fourth-order valence-corrected chi connectivity index (χ4v) is 3.07. The number of nitrogens with one attached hydrogen (secondary N) is 1. The highest BCUT2D eigenvalue weighted by Crippen LogP contribution is 2.32. The molecule has 0 amide bonds. The summed E-state index contributed by atoms with van der Waals surface area (Å²) < 4.78 is 5.60. The lowest BCUT2D eigenvalue weighted by molar-refractivity contribution is 0.148. The smallest absolute Gasteiger partial charge is 0.0931 e. The van der Waals surface area contributed by atoms with Gasteiger partial charge in [0.25, 0.3) is 0 Å². The monoisotopic (exact) mass is 254 g/mol. The van der Waals surface area contributed by atoms with Crippen molar-refractivity contribution in [2.45, 2.75) is 26.7 Å². The number of ether oxygens (including phenoxy) is 1. The van der Waals surface area contributed by atoms with Crippen LogP contribution in [0.3, 0.4) is 0 Å². The molecule has 0 bridgehead atoms.